The maximum Gasteiger partial charge on any atom is 0.257 e. The van der Waals surface area contributed by atoms with Gasteiger partial charge in [-0.2, -0.15) is 0 Å². The van der Waals surface area contributed by atoms with Crippen molar-refractivity contribution in [2.75, 3.05) is 64.9 Å². The van der Waals surface area contributed by atoms with E-state index in [4.69, 9.17) is 14.5 Å². The summed E-state index contributed by atoms with van der Waals surface area (Å²) in [4.78, 5) is 27.0. The molecule has 33 heavy (non-hydrogen) atoms. The number of hydrogen-bond donors (Lipinski definition) is 1. The lowest BCUT2D eigenvalue weighted by atomic mass is 9.78. The zero-order valence-electron chi connectivity index (χ0n) is 20.0. The van der Waals surface area contributed by atoms with Crippen LogP contribution in [0.2, 0.25) is 0 Å². The van der Waals surface area contributed by atoms with Crippen LogP contribution in [-0.2, 0) is 10.2 Å². The second-order valence-electron chi connectivity index (χ2n) is 9.13. The van der Waals surface area contributed by atoms with Gasteiger partial charge in [0, 0.05) is 51.3 Å². The summed E-state index contributed by atoms with van der Waals surface area (Å²) in [6.07, 6.45) is 1.91. The van der Waals surface area contributed by atoms with Crippen LogP contribution in [0.15, 0.2) is 30.3 Å². The summed E-state index contributed by atoms with van der Waals surface area (Å²) in [7, 11) is 1.86. The normalized spacial score (nSPS) is 21.6. The lowest BCUT2D eigenvalue weighted by Crippen LogP contribution is -2.47. The highest BCUT2D eigenvalue weighted by atomic mass is 16.5. The highest BCUT2D eigenvalue weighted by Gasteiger charge is 2.37. The van der Waals surface area contributed by atoms with Crippen LogP contribution in [0.4, 0.5) is 5.82 Å². The Hall–Kier alpha value is -2.71. The van der Waals surface area contributed by atoms with Crippen molar-refractivity contribution in [2.24, 2.45) is 0 Å². The number of nitrogens with zero attached hydrogens (tertiary/aromatic N) is 4. The molecule has 0 spiro atoms. The number of hydrogen-bond acceptors (Lipinski definition) is 7. The Bertz CT molecular complexity index is 963. The molecular formula is C25H35N5O3. The predicted octanol–water partition coefficient (Wildman–Crippen LogP) is 2.73. The lowest BCUT2D eigenvalue weighted by Gasteiger charge is -2.40. The number of amides is 1. The number of para-hydroxylation sites is 1. The number of morpholine rings is 1. The Labute approximate surface area is 196 Å². The molecule has 2 fully saturated rings. The van der Waals surface area contributed by atoms with Gasteiger partial charge in [0.2, 0.25) is 0 Å². The third-order valence-corrected chi connectivity index (χ3v) is 6.58. The molecule has 8 heteroatoms. The molecule has 0 saturated carbocycles. The van der Waals surface area contributed by atoms with Crippen molar-refractivity contribution >= 4 is 11.7 Å². The van der Waals surface area contributed by atoms with Gasteiger partial charge in [0.1, 0.15) is 24.0 Å². The molecule has 178 valence electrons. The van der Waals surface area contributed by atoms with E-state index in [0.717, 1.165) is 69.6 Å². The second kappa shape index (κ2) is 10.5. The Morgan fingerprint density at radius 3 is 2.79 bits per heavy atom. The molecule has 1 atom stereocenters. The number of benzene rings is 1. The topological polar surface area (TPSA) is 79.8 Å². The number of nitrogens with one attached hydrogen (secondary N) is 1. The Balaban J connectivity index is 1.46. The molecule has 0 radical (unpaired) electrons. The average molecular weight is 454 g/mol. The molecule has 0 bridgehead atoms. The Morgan fingerprint density at radius 2 is 2.00 bits per heavy atom. The van der Waals surface area contributed by atoms with Crippen molar-refractivity contribution in [1.29, 1.82) is 0 Å². The fraction of sp³-hybridized carbons (Fsp3) is 0.560. The van der Waals surface area contributed by atoms with Gasteiger partial charge in [-0.05, 0) is 31.9 Å². The van der Waals surface area contributed by atoms with Crippen LogP contribution in [0.25, 0.3) is 0 Å². The second-order valence-corrected chi connectivity index (χ2v) is 9.13. The zero-order chi connectivity index (χ0) is 23.3. The van der Waals surface area contributed by atoms with Crippen molar-refractivity contribution < 1.29 is 14.3 Å². The highest BCUT2D eigenvalue weighted by Crippen LogP contribution is 2.34. The number of ether oxygens (including phenoxy) is 2. The van der Waals surface area contributed by atoms with Gasteiger partial charge in [-0.3, -0.25) is 9.69 Å². The van der Waals surface area contributed by atoms with Gasteiger partial charge < -0.3 is 19.7 Å². The third-order valence-electron chi connectivity index (χ3n) is 6.58. The smallest absolute Gasteiger partial charge is 0.257 e. The highest BCUT2D eigenvalue weighted by molar-refractivity contribution is 5.97. The van der Waals surface area contributed by atoms with E-state index in [0.29, 0.717) is 24.5 Å². The molecule has 1 aromatic heterocycles. The van der Waals surface area contributed by atoms with E-state index in [2.05, 4.69) is 22.1 Å². The largest absolute Gasteiger partial charge is 0.491 e. The summed E-state index contributed by atoms with van der Waals surface area (Å²) in [6.45, 7) is 10.2. The molecule has 2 saturated heterocycles. The van der Waals surface area contributed by atoms with Gasteiger partial charge in [0.05, 0.1) is 24.5 Å². The first-order valence-corrected chi connectivity index (χ1v) is 11.8. The van der Waals surface area contributed by atoms with Crippen LogP contribution in [0.3, 0.4) is 0 Å². The summed E-state index contributed by atoms with van der Waals surface area (Å²) in [6, 6.07) is 9.58. The molecule has 1 N–H and O–H groups in total. The zero-order valence-corrected chi connectivity index (χ0v) is 20.0. The van der Waals surface area contributed by atoms with Crippen LogP contribution in [0.1, 0.15) is 41.6 Å². The summed E-state index contributed by atoms with van der Waals surface area (Å²) in [5, 5.41) is 3.12. The van der Waals surface area contributed by atoms with Gasteiger partial charge in [0.15, 0.2) is 0 Å². The summed E-state index contributed by atoms with van der Waals surface area (Å²) < 4.78 is 11.5. The Kier molecular flexibility index (Phi) is 7.45. The van der Waals surface area contributed by atoms with Crippen molar-refractivity contribution in [1.82, 2.24) is 19.8 Å². The molecule has 2 aromatic rings. The van der Waals surface area contributed by atoms with Crippen LogP contribution in [-0.4, -0.2) is 85.3 Å². The molecule has 3 heterocycles. The van der Waals surface area contributed by atoms with Gasteiger partial charge in [-0.1, -0.05) is 19.1 Å². The minimum atomic E-state index is -0.223. The molecule has 2 aliphatic rings. The van der Waals surface area contributed by atoms with Crippen LogP contribution < -0.4 is 10.1 Å². The number of carbonyl (C=O) groups is 1. The quantitative estimate of drug-likeness (QED) is 0.690. The summed E-state index contributed by atoms with van der Waals surface area (Å²) in [5.74, 6) is 2.21. The predicted molar refractivity (Wildman–Crippen MR) is 128 cm³/mol. The van der Waals surface area contributed by atoms with Crippen LogP contribution in [0, 0.1) is 6.92 Å². The fourth-order valence-corrected chi connectivity index (χ4v) is 4.68. The third kappa shape index (κ3) is 5.62. The molecule has 2 aliphatic heterocycles. The molecule has 0 unspecified atom stereocenters. The molecule has 0 aliphatic carbocycles. The molecule has 8 nitrogen and oxygen atoms in total. The number of aromatic nitrogens is 2. The maximum absolute atomic E-state index is 13.6. The van der Waals surface area contributed by atoms with Crippen LogP contribution in [0.5, 0.6) is 5.75 Å². The van der Waals surface area contributed by atoms with Gasteiger partial charge in [-0.25, -0.2) is 9.97 Å². The molecule has 4 rings (SSSR count). The van der Waals surface area contributed by atoms with Crippen LogP contribution >= 0.6 is 0 Å². The SMILES string of the molecule is CNc1cc([C@]2(C)CCCN(C(=O)c3ccccc3OCCN3CCOCC3)C2)nc(C)n1. The van der Waals surface area contributed by atoms with Gasteiger partial charge >= 0.3 is 0 Å². The van der Waals surface area contributed by atoms with Crippen molar-refractivity contribution in [3.05, 3.63) is 47.4 Å². The number of likely N-dealkylation sites (tertiary alicyclic amines) is 1. The summed E-state index contributed by atoms with van der Waals surface area (Å²) in [5.41, 5.74) is 1.38. The number of piperidine rings is 1. The number of rotatable bonds is 7. The van der Waals surface area contributed by atoms with E-state index < -0.39 is 0 Å². The summed E-state index contributed by atoms with van der Waals surface area (Å²) >= 11 is 0. The van der Waals surface area contributed by atoms with Crippen molar-refractivity contribution in [3.63, 3.8) is 0 Å². The first-order chi connectivity index (χ1) is 16.0. The van der Waals surface area contributed by atoms with Crippen molar-refractivity contribution in [3.8, 4) is 5.75 Å². The lowest BCUT2D eigenvalue weighted by molar-refractivity contribution is 0.0321. The van der Waals surface area contributed by atoms with E-state index in [9.17, 15) is 4.79 Å². The molecule has 1 amide bonds. The first kappa shape index (κ1) is 23.4. The standard InChI is InChI=1S/C25H35N5O3/c1-19-27-22(17-23(26-3)28-19)25(2)9-6-10-30(18-25)24(31)20-7-4-5-8-21(20)33-16-13-29-11-14-32-15-12-29/h4-5,7-8,17H,6,9-16,18H2,1-3H3,(H,26,27,28)/t25-/m1/s1. The van der Waals surface area contributed by atoms with Gasteiger partial charge in [0.25, 0.3) is 5.91 Å². The van der Waals surface area contributed by atoms with E-state index in [1.165, 1.54) is 0 Å². The number of carbonyl (C=O) groups excluding carboxylic acids is 1. The van der Waals surface area contributed by atoms with E-state index in [1.807, 2.05) is 49.2 Å². The molecular weight excluding hydrogens is 418 g/mol. The minimum absolute atomic E-state index is 0.0162. The minimum Gasteiger partial charge on any atom is -0.491 e. The van der Waals surface area contributed by atoms with E-state index in [1.54, 1.807) is 0 Å². The van der Waals surface area contributed by atoms with Gasteiger partial charge in [-0.15, -0.1) is 0 Å². The average Bonchev–Trinajstić information content (AvgIpc) is 2.84. The number of aryl methyl sites for hydroxylation is 1. The Morgan fingerprint density at radius 1 is 1.21 bits per heavy atom. The maximum atomic E-state index is 13.6. The van der Waals surface area contributed by atoms with Crippen molar-refractivity contribution in [2.45, 2.75) is 32.1 Å². The van der Waals surface area contributed by atoms with E-state index in [-0.39, 0.29) is 11.3 Å². The monoisotopic (exact) mass is 453 g/mol. The number of anilines is 1. The van der Waals surface area contributed by atoms with E-state index >= 15 is 0 Å². The molecule has 1 aromatic carbocycles. The first-order valence-electron chi connectivity index (χ1n) is 11.8. The fourth-order valence-electron chi connectivity index (χ4n) is 4.68.